The maximum Gasteiger partial charge on any atom is 0.0414 e. The number of rotatable bonds is 4. The molecule has 0 heterocycles. The Morgan fingerprint density at radius 3 is 2.39 bits per heavy atom. The molecule has 0 saturated heterocycles. The van der Waals surface area contributed by atoms with E-state index in [1.165, 1.54) is 22.4 Å². The first kappa shape index (κ1) is 15.1. The van der Waals surface area contributed by atoms with Gasteiger partial charge in [-0.3, -0.25) is 0 Å². The Morgan fingerprint density at radius 2 is 1.65 bits per heavy atom. The van der Waals surface area contributed by atoms with Crippen LogP contribution in [0.3, 0.4) is 0 Å². The molecule has 0 N–H and O–H groups in total. The lowest BCUT2D eigenvalue weighted by atomic mass is 10.1. The van der Waals surface area contributed by atoms with E-state index in [9.17, 15) is 0 Å². The average molecular weight is 299 g/mol. The minimum absolute atomic E-state index is 0.906. The summed E-state index contributed by atoms with van der Waals surface area (Å²) in [5.74, 6) is 0. The summed E-state index contributed by atoms with van der Waals surface area (Å²) in [5.41, 5.74) is 9.50. The van der Waals surface area contributed by atoms with Gasteiger partial charge in [0.25, 0.3) is 0 Å². The maximum atomic E-state index is 3.38. The summed E-state index contributed by atoms with van der Waals surface area (Å²) in [7, 11) is 2.09. The van der Waals surface area contributed by atoms with Gasteiger partial charge in [0.2, 0.25) is 0 Å². The topological polar surface area (TPSA) is 3.24 Å². The molecule has 1 nitrogen and oxygen atoms in total. The lowest BCUT2D eigenvalue weighted by molar-refractivity contribution is 1.13. The molecule has 0 amide bonds. The van der Waals surface area contributed by atoms with Gasteiger partial charge >= 0.3 is 0 Å². The number of hydrogen-bond acceptors (Lipinski definition) is 1. The van der Waals surface area contributed by atoms with E-state index < -0.39 is 0 Å². The first-order chi connectivity index (χ1) is 11.2. The summed E-state index contributed by atoms with van der Waals surface area (Å²) in [4.78, 5) is 2.19. The summed E-state index contributed by atoms with van der Waals surface area (Å²) in [5, 5.41) is 0. The predicted octanol–water partition coefficient (Wildman–Crippen LogP) is 5.21. The predicted molar refractivity (Wildman–Crippen MR) is 98.5 cm³/mol. The number of benzene rings is 2. The first-order valence-electron chi connectivity index (χ1n) is 7.90. The Labute approximate surface area is 138 Å². The van der Waals surface area contributed by atoms with Crippen molar-refractivity contribution in [2.75, 3.05) is 11.9 Å². The Hall–Kier alpha value is -2.76. The lowest BCUT2D eigenvalue weighted by Gasteiger charge is -2.20. The molecule has 0 saturated carbocycles. The Balaban J connectivity index is 1.74. The molecule has 0 aliphatic heterocycles. The van der Waals surface area contributed by atoms with Gasteiger partial charge in [0.15, 0.2) is 0 Å². The lowest BCUT2D eigenvalue weighted by Crippen LogP contribution is -2.14. The van der Waals surface area contributed by atoms with Crippen molar-refractivity contribution in [1.29, 1.82) is 0 Å². The highest BCUT2D eigenvalue weighted by Crippen LogP contribution is 2.20. The molecule has 0 radical (unpaired) electrons. The van der Waals surface area contributed by atoms with Crippen molar-refractivity contribution >= 4 is 5.69 Å². The van der Waals surface area contributed by atoms with Gasteiger partial charge < -0.3 is 4.90 Å². The van der Waals surface area contributed by atoms with Crippen LogP contribution in [0.5, 0.6) is 0 Å². The fourth-order valence-corrected chi connectivity index (χ4v) is 2.59. The van der Waals surface area contributed by atoms with Gasteiger partial charge in [-0.15, -0.1) is 5.73 Å². The van der Waals surface area contributed by atoms with Crippen LogP contribution in [0.4, 0.5) is 5.69 Å². The van der Waals surface area contributed by atoms with E-state index in [0.717, 1.165) is 12.1 Å². The second-order valence-electron chi connectivity index (χ2n) is 5.82. The molecule has 1 aliphatic carbocycles. The number of nitrogens with zero attached hydrogens (tertiary/aromatic N) is 1. The highest BCUT2D eigenvalue weighted by molar-refractivity contribution is 5.56. The number of aryl methyl sites for hydroxylation is 1. The van der Waals surface area contributed by atoms with E-state index in [4.69, 9.17) is 0 Å². The second kappa shape index (κ2) is 7.00. The largest absolute Gasteiger partial charge is 0.345 e. The standard InChI is InChI=1S/C22H21N/c1-18-11-14-22(15-12-18)23(2)21-10-6-9-20(13-16-21)17-19-7-4-3-5-8-19/h3-8,10-16H,17H2,1-2H3. The fraction of sp³-hybridized carbons (Fsp3) is 0.136. The second-order valence-corrected chi connectivity index (χ2v) is 5.82. The molecule has 0 spiro atoms. The molecule has 2 aromatic rings. The quantitative estimate of drug-likeness (QED) is 0.701. The first-order valence-corrected chi connectivity index (χ1v) is 7.90. The van der Waals surface area contributed by atoms with Crippen LogP contribution in [0.2, 0.25) is 0 Å². The van der Waals surface area contributed by atoms with E-state index in [0.29, 0.717) is 0 Å². The van der Waals surface area contributed by atoms with Crippen molar-refractivity contribution in [1.82, 2.24) is 0 Å². The number of anilines is 1. The van der Waals surface area contributed by atoms with Crippen LogP contribution in [0.15, 0.2) is 95.9 Å². The molecule has 0 unspecified atom stereocenters. The SMILES string of the molecule is Cc1ccc(N(C)C2=CC=C=C(Cc3ccccc3)C=C2)cc1. The summed E-state index contributed by atoms with van der Waals surface area (Å²) < 4.78 is 0. The van der Waals surface area contributed by atoms with Crippen LogP contribution in [0, 0.1) is 6.92 Å². The van der Waals surface area contributed by atoms with Crippen LogP contribution in [-0.4, -0.2) is 7.05 Å². The molecule has 1 aliphatic rings. The molecule has 0 aromatic heterocycles. The fourth-order valence-electron chi connectivity index (χ4n) is 2.59. The van der Waals surface area contributed by atoms with E-state index in [1.54, 1.807) is 0 Å². The molecular formula is C22H21N. The summed E-state index contributed by atoms with van der Waals surface area (Å²) in [6.07, 6.45) is 9.34. The molecular weight excluding hydrogens is 278 g/mol. The number of allylic oxidation sites excluding steroid dienone is 4. The molecule has 0 bridgehead atoms. The Kier molecular flexibility index (Phi) is 4.61. The van der Waals surface area contributed by atoms with Gasteiger partial charge in [0.05, 0.1) is 0 Å². The highest BCUT2D eigenvalue weighted by Gasteiger charge is 2.05. The van der Waals surface area contributed by atoms with Gasteiger partial charge in [-0.05, 0) is 54.5 Å². The van der Waals surface area contributed by atoms with Crippen LogP contribution in [-0.2, 0) is 6.42 Å². The van der Waals surface area contributed by atoms with Gasteiger partial charge in [-0.25, -0.2) is 0 Å². The molecule has 114 valence electrons. The number of likely N-dealkylation sites (N-methyl/N-ethyl adjacent to an activating group) is 1. The third kappa shape index (κ3) is 3.91. The van der Waals surface area contributed by atoms with Gasteiger partial charge in [-0.1, -0.05) is 48.0 Å². The molecule has 3 rings (SSSR count). The number of hydrogen-bond donors (Lipinski definition) is 0. The van der Waals surface area contributed by atoms with Crippen molar-refractivity contribution in [3.05, 3.63) is 107 Å². The monoisotopic (exact) mass is 299 g/mol. The summed E-state index contributed by atoms with van der Waals surface area (Å²) >= 11 is 0. The van der Waals surface area contributed by atoms with Crippen molar-refractivity contribution < 1.29 is 0 Å². The van der Waals surface area contributed by atoms with Crippen LogP contribution in [0.1, 0.15) is 11.1 Å². The van der Waals surface area contributed by atoms with Gasteiger partial charge in [0, 0.05) is 24.9 Å². The Bertz CT molecular complexity index is 786. The smallest absolute Gasteiger partial charge is 0.0414 e. The third-order valence-electron chi connectivity index (χ3n) is 4.02. The zero-order chi connectivity index (χ0) is 16.1. The summed E-state index contributed by atoms with van der Waals surface area (Å²) in [6.45, 7) is 2.11. The van der Waals surface area contributed by atoms with Gasteiger partial charge in [-0.2, -0.15) is 0 Å². The van der Waals surface area contributed by atoms with Crippen molar-refractivity contribution in [3.63, 3.8) is 0 Å². The zero-order valence-corrected chi connectivity index (χ0v) is 13.7. The van der Waals surface area contributed by atoms with E-state index in [1.807, 2.05) is 12.1 Å². The average Bonchev–Trinajstić information content (AvgIpc) is 2.81. The van der Waals surface area contributed by atoms with E-state index >= 15 is 0 Å². The highest BCUT2D eigenvalue weighted by atomic mass is 15.1. The molecule has 2 aromatic carbocycles. The van der Waals surface area contributed by atoms with E-state index in [-0.39, 0.29) is 0 Å². The van der Waals surface area contributed by atoms with E-state index in [2.05, 4.69) is 91.4 Å². The summed E-state index contributed by atoms with van der Waals surface area (Å²) in [6, 6.07) is 19.1. The maximum absolute atomic E-state index is 3.38. The zero-order valence-electron chi connectivity index (χ0n) is 13.7. The van der Waals surface area contributed by atoms with Crippen LogP contribution in [0.25, 0.3) is 0 Å². The molecule has 1 heteroatoms. The minimum atomic E-state index is 0.906. The molecule has 23 heavy (non-hydrogen) atoms. The van der Waals surface area contributed by atoms with Crippen LogP contribution < -0.4 is 4.90 Å². The van der Waals surface area contributed by atoms with Gasteiger partial charge in [0.1, 0.15) is 0 Å². The molecule has 0 fully saturated rings. The molecule has 0 atom stereocenters. The third-order valence-corrected chi connectivity index (χ3v) is 4.02. The van der Waals surface area contributed by atoms with Crippen molar-refractivity contribution in [3.8, 4) is 0 Å². The minimum Gasteiger partial charge on any atom is -0.345 e. The van der Waals surface area contributed by atoms with Crippen molar-refractivity contribution in [2.45, 2.75) is 13.3 Å². The normalized spacial score (nSPS) is 13.3. The van der Waals surface area contributed by atoms with Crippen molar-refractivity contribution in [2.24, 2.45) is 0 Å². The van der Waals surface area contributed by atoms with Crippen LogP contribution >= 0.6 is 0 Å². The Morgan fingerprint density at radius 1 is 0.913 bits per heavy atom.